The third-order valence-corrected chi connectivity index (χ3v) is 5.86. The van der Waals surface area contributed by atoms with E-state index < -0.39 is 10.4 Å². The first-order valence-corrected chi connectivity index (χ1v) is 14.2. The average molecular weight is 489 g/mol. The molecule has 0 atom stereocenters. The lowest BCUT2D eigenvalue weighted by Gasteiger charge is -2.05. The zero-order chi connectivity index (χ0) is 24.6. The number of hydrogen-bond donors (Lipinski definition) is 2. The minimum absolute atomic E-state index is 0.0289. The van der Waals surface area contributed by atoms with E-state index in [0.29, 0.717) is 6.54 Å². The summed E-state index contributed by atoms with van der Waals surface area (Å²) in [4.78, 5) is 4.39. The molecule has 1 aromatic rings. The summed E-state index contributed by atoms with van der Waals surface area (Å²) in [6.07, 6.45) is 28.4. The Bertz CT molecular complexity index is 674. The van der Waals surface area contributed by atoms with Gasteiger partial charge in [0.15, 0.2) is 0 Å². The molecular formula is C25H48N2O5S. The van der Waals surface area contributed by atoms with Gasteiger partial charge in [0.1, 0.15) is 5.82 Å². The van der Waals surface area contributed by atoms with Crippen LogP contribution in [-0.4, -0.2) is 40.8 Å². The van der Waals surface area contributed by atoms with Gasteiger partial charge in [-0.05, 0) is 39.0 Å². The Kier molecular flexibility index (Phi) is 21.7. The fraction of sp³-hybridized carbons (Fsp3) is 0.800. The highest BCUT2D eigenvalue weighted by molar-refractivity contribution is 7.80. The van der Waals surface area contributed by atoms with Crippen LogP contribution in [0, 0.1) is 0 Å². The monoisotopic (exact) mass is 488 g/mol. The number of hydrogen-bond acceptors (Lipinski definition) is 5. The van der Waals surface area contributed by atoms with E-state index in [4.69, 9.17) is 9.66 Å². The topological polar surface area (TPSA) is 102 Å². The molecule has 0 aliphatic rings. The highest BCUT2D eigenvalue weighted by Gasteiger charge is 2.01. The lowest BCUT2D eigenvalue weighted by Crippen LogP contribution is -2.06. The van der Waals surface area contributed by atoms with Gasteiger partial charge in [-0.1, -0.05) is 76.9 Å². The molecule has 0 unspecified atom stereocenters. The minimum atomic E-state index is -4.17. The summed E-state index contributed by atoms with van der Waals surface area (Å²) in [6, 6.07) is 0. The lowest BCUT2D eigenvalue weighted by atomic mass is 10.1. The van der Waals surface area contributed by atoms with Crippen LogP contribution in [-0.2, 0) is 27.5 Å². The summed E-state index contributed by atoms with van der Waals surface area (Å²) in [7, 11) is -4.17. The van der Waals surface area contributed by atoms with Crippen molar-refractivity contribution in [1.82, 2.24) is 9.55 Å². The Morgan fingerprint density at radius 2 is 1.45 bits per heavy atom. The molecule has 0 aliphatic heterocycles. The quantitative estimate of drug-likeness (QED) is 0.127. The molecule has 0 aliphatic carbocycles. The number of allylic oxidation sites excluding steroid dienone is 2. The maximum Gasteiger partial charge on any atom is 0.397 e. The molecule has 1 aromatic heterocycles. The van der Waals surface area contributed by atoms with Gasteiger partial charge in [-0.3, -0.25) is 4.55 Å². The summed E-state index contributed by atoms with van der Waals surface area (Å²) < 4.78 is 32.7. The van der Waals surface area contributed by atoms with Crippen LogP contribution in [0.25, 0.3) is 0 Å². The average Bonchev–Trinajstić information content (AvgIpc) is 3.20. The van der Waals surface area contributed by atoms with Gasteiger partial charge >= 0.3 is 10.4 Å². The first-order chi connectivity index (χ1) is 15.9. The second-order valence-corrected chi connectivity index (χ2v) is 9.37. The summed E-state index contributed by atoms with van der Waals surface area (Å²) in [6.45, 7) is 4.57. The van der Waals surface area contributed by atoms with Crippen molar-refractivity contribution in [1.29, 1.82) is 0 Å². The minimum Gasteiger partial charge on any atom is -0.395 e. The van der Waals surface area contributed by atoms with Crippen LogP contribution in [0.1, 0.15) is 110 Å². The van der Waals surface area contributed by atoms with E-state index in [9.17, 15) is 8.42 Å². The van der Waals surface area contributed by atoms with Crippen molar-refractivity contribution in [2.45, 2.75) is 117 Å². The maximum atomic E-state index is 9.56. The number of aryl methyl sites for hydroxylation is 1. The van der Waals surface area contributed by atoms with E-state index in [1.165, 1.54) is 96.8 Å². The SMILES string of the molecule is CCCCCCCC/C=C\CCCCCCCCc1nccn1CCO.CCOS(=O)(=O)O. The molecule has 0 bridgehead atoms. The Morgan fingerprint density at radius 1 is 0.909 bits per heavy atom. The van der Waals surface area contributed by atoms with Crippen LogP contribution >= 0.6 is 0 Å². The molecule has 8 heteroatoms. The lowest BCUT2D eigenvalue weighted by molar-refractivity contribution is 0.274. The molecule has 0 aromatic carbocycles. The fourth-order valence-corrected chi connectivity index (χ4v) is 3.86. The molecule has 7 nitrogen and oxygen atoms in total. The van der Waals surface area contributed by atoms with Gasteiger partial charge in [-0.15, -0.1) is 0 Å². The molecule has 0 fully saturated rings. The van der Waals surface area contributed by atoms with Crippen LogP contribution in [0.3, 0.4) is 0 Å². The van der Waals surface area contributed by atoms with Crippen molar-refractivity contribution in [2.24, 2.45) is 0 Å². The van der Waals surface area contributed by atoms with Crippen molar-refractivity contribution in [3.05, 3.63) is 30.4 Å². The summed E-state index contributed by atoms with van der Waals surface area (Å²) in [5.41, 5.74) is 0. The van der Waals surface area contributed by atoms with E-state index in [0.717, 1.165) is 12.2 Å². The molecule has 0 amide bonds. The molecular weight excluding hydrogens is 440 g/mol. The molecule has 0 saturated heterocycles. The van der Waals surface area contributed by atoms with E-state index in [2.05, 4.69) is 32.8 Å². The fourth-order valence-electron chi connectivity index (χ4n) is 3.56. The smallest absolute Gasteiger partial charge is 0.395 e. The molecule has 0 spiro atoms. The molecule has 33 heavy (non-hydrogen) atoms. The van der Waals surface area contributed by atoms with Crippen LogP contribution < -0.4 is 0 Å². The van der Waals surface area contributed by atoms with Gasteiger partial charge in [-0.2, -0.15) is 8.42 Å². The zero-order valence-corrected chi connectivity index (χ0v) is 21.8. The normalized spacial score (nSPS) is 11.6. The van der Waals surface area contributed by atoms with Crippen LogP contribution in [0.4, 0.5) is 0 Å². The van der Waals surface area contributed by atoms with Crippen molar-refractivity contribution in [2.75, 3.05) is 13.2 Å². The van der Waals surface area contributed by atoms with Gasteiger partial charge in [0.25, 0.3) is 0 Å². The van der Waals surface area contributed by atoms with Crippen molar-refractivity contribution in [3.63, 3.8) is 0 Å². The van der Waals surface area contributed by atoms with E-state index in [-0.39, 0.29) is 13.2 Å². The second kappa shape index (κ2) is 22.6. The van der Waals surface area contributed by atoms with Crippen LogP contribution in [0.2, 0.25) is 0 Å². The Hall–Kier alpha value is -1.22. The highest BCUT2D eigenvalue weighted by Crippen LogP contribution is 2.11. The van der Waals surface area contributed by atoms with Crippen molar-refractivity contribution in [3.8, 4) is 0 Å². The molecule has 194 valence electrons. The first kappa shape index (κ1) is 31.8. The van der Waals surface area contributed by atoms with E-state index >= 15 is 0 Å². The molecule has 0 radical (unpaired) electrons. The van der Waals surface area contributed by atoms with Gasteiger partial charge in [0.05, 0.1) is 13.2 Å². The standard InChI is InChI=1S/C23H42N2O.C2H6O4S/c1-2-3-4-5-6-7-8-9-10-11-12-13-14-15-16-17-18-23-24-19-20-25(23)21-22-26;1-2-6-7(3,4)5/h9-10,19-20,26H,2-8,11-18,21-22H2,1H3;2H2,1H3,(H,3,4,5)/b10-9-;. The number of unbranched alkanes of at least 4 members (excludes halogenated alkanes) is 12. The number of imidazole rings is 1. The Balaban J connectivity index is 0.00000126. The maximum absolute atomic E-state index is 9.56. The molecule has 2 N–H and O–H groups in total. The van der Waals surface area contributed by atoms with E-state index in [1.807, 2.05) is 12.4 Å². The third-order valence-electron chi connectivity index (χ3n) is 5.32. The molecule has 0 saturated carbocycles. The van der Waals surface area contributed by atoms with Crippen LogP contribution in [0.15, 0.2) is 24.5 Å². The van der Waals surface area contributed by atoms with Gasteiger partial charge in [0, 0.05) is 25.4 Å². The van der Waals surface area contributed by atoms with Gasteiger partial charge in [0.2, 0.25) is 0 Å². The molecule has 1 heterocycles. The first-order valence-electron chi connectivity index (χ1n) is 12.8. The van der Waals surface area contributed by atoms with E-state index in [1.54, 1.807) is 0 Å². The number of aliphatic hydroxyl groups is 1. The number of aliphatic hydroxyl groups excluding tert-OH is 1. The number of rotatable bonds is 20. The largest absolute Gasteiger partial charge is 0.397 e. The van der Waals surface area contributed by atoms with Gasteiger partial charge < -0.3 is 9.67 Å². The second-order valence-electron chi connectivity index (χ2n) is 8.28. The van der Waals surface area contributed by atoms with Crippen LogP contribution in [0.5, 0.6) is 0 Å². The Morgan fingerprint density at radius 3 is 1.94 bits per heavy atom. The summed E-state index contributed by atoms with van der Waals surface area (Å²) >= 11 is 0. The predicted octanol–water partition coefficient (Wildman–Crippen LogP) is 6.28. The van der Waals surface area contributed by atoms with Gasteiger partial charge in [-0.25, -0.2) is 9.17 Å². The van der Waals surface area contributed by atoms with Crippen molar-refractivity contribution >= 4 is 10.4 Å². The number of aromatic nitrogens is 2. The third kappa shape index (κ3) is 22.3. The highest BCUT2D eigenvalue weighted by atomic mass is 32.3. The van der Waals surface area contributed by atoms with Crippen molar-refractivity contribution < 1.29 is 22.3 Å². The number of nitrogens with zero attached hydrogens (tertiary/aromatic N) is 2. The summed E-state index contributed by atoms with van der Waals surface area (Å²) in [5.74, 6) is 1.12. The zero-order valence-electron chi connectivity index (χ0n) is 21.0. The predicted molar refractivity (Wildman–Crippen MR) is 136 cm³/mol. The molecule has 1 rings (SSSR count). The Labute approximate surface area is 202 Å². The summed E-state index contributed by atoms with van der Waals surface area (Å²) in [5, 5.41) is 9.02.